The van der Waals surface area contributed by atoms with E-state index in [1.807, 2.05) is 49.4 Å². The molecule has 0 unspecified atom stereocenters. The second-order valence-corrected chi connectivity index (χ2v) is 12.8. The van der Waals surface area contributed by atoms with Gasteiger partial charge in [0, 0.05) is 65.4 Å². The molecule has 1 saturated heterocycles. The summed E-state index contributed by atoms with van der Waals surface area (Å²) < 4.78 is 7.09. The normalized spacial score (nSPS) is 17.2. The van der Waals surface area contributed by atoms with Gasteiger partial charge in [-0.2, -0.15) is 5.10 Å². The number of hydrogen-bond acceptors (Lipinski definition) is 8. The maximum absolute atomic E-state index is 13.0. The van der Waals surface area contributed by atoms with Crippen molar-refractivity contribution in [1.82, 2.24) is 30.4 Å². The number of aryl methyl sites for hydroxylation is 3. The Kier molecular flexibility index (Phi) is 8.34. The van der Waals surface area contributed by atoms with Gasteiger partial charge in [-0.05, 0) is 49.9 Å². The van der Waals surface area contributed by atoms with Gasteiger partial charge in [0.05, 0.1) is 40.1 Å². The van der Waals surface area contributed by atoms with Gasteiger partial charge in [0.15, 0.2) is 0 Å². The van der Waals surface area contributed by atoms with Gasteiger partial charge in [0.1, 0.15) is 5.82 Å². The first-order valence-electron chi connectivity index (χ1n) is 15.5. The number of nitrogens with zero attached hydrogens (tertiary/aromatic N) is 4. The Morgan fingerprint density at radius 1 is 1.00 bits per heavy atom. The number of carbonyl (C=O) groups is 1. The molecule has 0 spiro atoms. The minimum absolute atomic E-state index is 0.0892. The number of rotatable bonds is 8. The molecule has 240 valence electrons. The Bertz CT molecular complexity index is 2120. The summed E-state index contributed by atoms with van der Waals surface area (Å²) in [5.74, 6) is 1.07. The van der Waals surface area contributed by atoms with Crippen LogP contribution in [0.15, 0.2) is 59.5 Å². The second-order valence-electron chi connectivity index (χ2n) is 12.0. The van der Waals surface area contributed by atoms with Gasteiger partial charge >= 0.3 is 0 Å². The molecule has 1 fully saturated rings. The van der Waals surface area contributed by atoms with E-state index in [-0.39, 0.29) is 23.6 Å². The van der Waals surface area contributed by atoms with E-state index in [0.717, 1.165) is 47.2 Å². The predicted molar refractivity (Wildman–Crippen MR) is 185 cm³/mol. The zero-order valence-electron chi connectivity index (χ0n) is 26.2. The molecule has 3 aromatic heterocycles. The van der Waals surface area contributed by atoms with Crippen LogP contribution in [0, 0.1) is 6.92 Å². The number of pyridine rings is 2. The number of carbonyl (C=O) groups excluding carboxylic acids is 1. The molecule has 2 aromatic carbocycles. The van der Waals surface area contributed by atoms with E-state index in [1.165, 1.54) is 4.68 Å². The van der Waals surface area contributed by atoms with E-state index in [9.17, 15) is 9.59 Å². The SMILES string of the molecule is COc1nc(-c2cccc(-c3cccc(Nc4nc(C)cc5cnn(C)c(=O)c45)c3Cl)c2Cl)cc2c1[C@@H](NC[C@H]1CCC(=O)N1)CC2. The summed E-state index contributed by atoms with van der Waals surface area (Å²) in [5, 5.41) is 16.1. The van der Waals surface area contributed by atoms with Gasteiger partial charge < -0.3 is 20.7 Å². The molecule has 3 N–H and O–H groups in total. The van der Waals surface area contributed by atoms with Gasteiger partial charge in [-0.1, -0.05) is 53.5 Å². The number of anilines is 2. The summed E-state index contributed by atoms with van der Waals surface area (Å²) >= 11 is 14.2. The van der Waals surface area contributed by atoms with Crippen LogP contribution in [0.25, 0.3) is 33.2 Å². The Balaban J connectivity index is 1.21. The molecule has 47 heavy (non-hydrogen) atoms. The molecule has 2 atom stereocenters. The maximum atomic E-state index is 13.0. The van der Waals surface area contributed by atoms with Gasteiger partial charge in [-0.3, -0.25) is 9.59 Å². The molecule has 2 aliphatic rings. The lowest BCUT2D eigenvalue weighted by atomic mass is 9.99. The summed E-state index contributed by atoms with van der Waals surface area (Å²) in [4.78, 5) is 34.2. The van der Waals surface area contributed by atoms with Crippen LogP contribution >= 0.6 is 23.2 Å². The second kappa shape index (κ2) is 12.6. The number of nitrogens with one attached hydrogen (secondary N) is 3. The number of amides is 1. The molecule has 1 aliphatic carbocycles. The number of aromatic nitrogens is 4. The zero-order chi connectivity index (χ0) is 32.8. The van der Waals surface area contributed by atoms with Gasteiger partial charge in [-0.25, -0.2) is 14.6 Å². The summed E-state index contributed by atoms with van der Waals surface area (Å²) in [5.41, 5.74) is 6.18. The third-order valence-electron chi connectivity index (χ3n) is 8.92. The third-order valence-corrected chi connectivity index (χ3v) is 9.74. The lowest BCUT2D eigenvalue weighted by Gasteiger charge is -2.20. The van der Waals surface area contributed by atoms with Crippen molar-refractivity contribution < 1.29 is 9.53 Å². The summed E-state index contributed by atoms with van der Waals surface area (Å²) in [6.07, 6.45) is 4.85. The fourth-order valence-electron chi connectivity index (χ4n) is 6.60. The molecular formula is C35H33Cl2N7O3. The number of benzene rings is 2. The third kappa shape index (κ3) is 5.81. The Labute approximate surface area is 281 Å². The summed E-state index contributed by atoms with van der Waals surface area (Å²) in [7, 11) is 3.24. The number of ether oxygens (including phenoxy) is 1. The van der Waals surface area contributed by atoms with Crippen molar-refractivity contribution in [3.63, 3.8) is 0 Å². The minimum Gasteiger partial charge on any atom is -0.481 e. The number of fused-ring (bicyclic) bond motifs is 2. The van der Waals surface area contributed by atoms with Crippen LogP contribution in [-0.2, 0) is 18.3 Å². The molecule has 5 aromatic rings. The number of halogens is 2. The highest BCUT2D eigenvalue weighted by Gasteiger charge is 2.30. The first-order chi connectivity index (χ1) is 22.7. The van der Waals surface area contributed by atoms with Gasteiger partial charge in [0.2, 0.25) is 11.8 Å². The topological polar surface area (TPSA) is 123 Å². The Hall–Kier alpha value is -4.51. The molecule has 7 rings (SSSR count). The summed E-state index contributed by atoms with van der Waals surface area (Å²) in [6.45, 7) is 2.56. The van der Waals surface area contributed by atoms with Crippen LogP contribution in [0.1, 0.15) is 42.1 Å². The van der Waals surface area contributed by atoms with E-state index in [0.29, 0.717) is 62.4 Å². The van der Waals surface area contributed by atoms with Crippen LogP contribution in [0.5, 0.6) is 5.88 Å². The minimum atomic E-state index is -0.262. The molecule has 0 saturated carbocycles. The van der Waals surface area contributed by atoms with Gasteiger partial charge in [-0.15, -0.1) is 0 Å². The Morgan fingerprint density at radius 2 is 1.77 bits per heavy atom. The van der Waals surface area contributed by atoms with Crippen LogP contribution in [0.3, 0.4) is 0 Å². The monoisotopic (exact) mass is 669 g/mol. The first-order valence-corrected chi connectivity index (χ1v) is 16.3. The maximum Gasteiger partial charge on any atom is 0.278 e. The summed E-state index contributed by atoms with van der Waals surface area (Å²) in [6, 6.07) is 15.6. The van der Waals surface area contributed by atoms with E-state index in [2.05, 4.69) is 32.1 Å². The highest BCUT2D eigenvalue weighted by Crippen LogP contribution is 2.44. The molecule has 0 bridgehead atoms. The first kappa shape index (κ1) is 31.1. The smallest absolute Gasteiger partial charge is 0.278 e. The highest BCUT2D eigenvalue weighted by molar-refractivity contribution is 6.39. The Morgan fingerprint density at radius 3 is 2.53 bits per heavy atom. The molecule has 10 nitrogen and oxygen atoms in total. The van der Waals surface area contributed by atoms with E-state index in [1.54, 1.807) is 20.4 Å². The molecule has 1 amide bonds. The van der Waals surface area contributed by atoms with Crippen LogP contribution in [0.2, 0.25) is 10.0 Å². The largest absolute Gasteiger partial charge is 0.481 e. The van der Waals surface area contributed by atoms with Crippen molar-refractivity contribution in [2.24, 2.45) is 7.05 Å². The van der Waals surface area contributed by atoms with Gasteiger partial charge in [0.25, 0.3) is 5.56 Å². The average molecular weight is 671 g/mol. The lowest BCUT2D eigenvalue weighted by molar-refractivity contribution is -0.119. The zero-order valence-corrected chi connectivity index (χ0v) is 27.7. The standard InChI is InChI=1S/C35H33Cl2N7O3/c1-18-14-20-16-39-44(2)35(46)30(20)33(40-18)42-26-9-5-7-23(32(26)37)22-6-4-8-24(31(22)36)27-15-19-10-12-25(29(19)34(43-27)47-3)38-17-21-11-13-28(45)41-21/h4-9,14-16,21,25,38H,10-13,17H2,1-3H3,(H,40,42)(H,41,45)/t21-,25+/m1/s1. The van der Waals surface area contributed by atoms with Crippen LogP contribution in [0.4, 0.5) is 11.5 Å². The van der Waals surface area contributed by atoms with Crippen molar-refractivity contribution in [1.29, 1.82) is 0 Å². The molecule has 1 aliphatic heterocycles. The molecule has 0 radical (unpaired) electrons. The molecule has 4 heterocycles. The number of methoxy groups -OCH3 is 1. The van der Waals surface area contributed by atoms with Crippen molar-refractivity contribution in [3.05, 3.63) is 91.9 Å². The average Bonchev–Trinajstić information content (AvgIpc) is 3.68. The predicted octanol–water partition coefficient (Wildman–Crippen LogP) is 6.28. The fourth-order valence-corrected chi connectivity index (χ4v) is 7.20. The van der Waals surface area contributed by atoms with Crippen molar-refractivity contribution >= 4 is 51.4 Å². The lowest BCUT2D eigenvalue weighted by Crippen LogP contribution is -2.36. The van der Waals surface area contributed by atoms with Crippen molar-refractivity contribution in [2.45, 2.75) is 44.7 Å². The van der Waals surface area contributed by atoms with Crippen molar-refractivity contribution in [2.75, 3.05) is 19.0 Å². The molecular weight excluding hydrogens is 637 g/mol. The van der Waals surface area contributed by atoms with E-state index in [4.69, 9.17) is 32.9 Å². The van der Waals surface area contributed by atoms with E-state index >= 15 is 0 Å². The van der Waals surface area contributed by atoms with Crippen molar-refractivity contribution in [3.8, 4) is 28.3 Å². The van der Waals surface area contributed by atoms with Crippen LogP contribution in [-0.4, -0.2) is 45.4 Å². The fraction of sp³-hybridized carbons (Fsp3) is 0.286. The van der Waals surface area contributed by atoms with E-state index < -0.39 is 0 Å². The molecule has 12 heteroatoms. The highest BCUT2D eigenvalue weighted by atomic mass is 35.5. The quantitative estimate of drug-likeness (QED) is 0.176. The van der Waals surface area contributed by atoms with Crippen LogP contribution < -0.4 is 26.2 Å². The number of hydrogen-bond donors (Lipinski definition) is 3.